The van der Waals surface area contributed by atoms with Crippen LogP contribution in [0, 0.1) is 27.7 Å². The van der Waals surface area contributed by atoms with Crippen molar-refractivity contribution in [3.8, 4) is 0 Å². The first-order valence-corrected chi connectivity index (χ1v) is 17.0. The van der Waals surface area contributed by atoms with Gasteiger partial charge in [-0.15, -0.1) is 0 Å². The summed E-state index contributed by atoms with van der Waals surface area (Å²) in [6.07, 6.45) is 0. The average Bonchev–Trinajstić information content (AvgIpc) is 3.65. The van der Waals surface area contributed by atoms with Crippen LogP contribution < -0.4 is 9.80 Å². The number of nitrogens with zero attached hydrogens (tertiary/aromatic N) is 3. The molecule has 9 aromatic rings. The standard InChI is InChI=1S/C46H37N3/c1-30-24-26-38(32(3)28-30)47(34-14-7-5-8-15-34)40-20-12-22-42-44(40)36-18-11-19-37-45-41(21-13-23-43(45)49(42)46(36)37)48(35-16-9-6-10-17-35)39-27-25-31(2)29-33(39)4/h5-29H,1-4H3. The molecule has 0 amide bonds. The maximum absolute atomic E-state index is 2.50. The summed E-state index contributed by atoms with van der Waals surface area (Å²) in [5.41, 5.74) is 15.7. The number of fused-ring (bicyclic) bond motifs is 6. The van der Waals surface area contributed by atoms with E-state index in [2.05, 4.69) is 194 Å². The Morgan fingerprint density at radius 2 is 0.816 bits per heavy atom. The van der Waals surface area contributed by atoms with Crippen molar-refractivity contribution in [1.29, 1.82) is 0 Å². The van der Waals surface area contributed by atoms with Gasteiger partial charge in [0.05, 0.1) is 27.9 Å². The van der Waals surface area contributed by atoms with Crippen molar-refractivity contribution in [2.45, 2.75) is 27.7 Å². The highest BCUT2D eigenvalue weighted by molar-refractivity contribution is 6.28. The quantitative estimate of drug-likeness (QED) is 0.181. The van der Waals surface area contributed by atoms with Crippen LogP contribution in [0.25, 0.3) is 38.1 Å². The lowest BCUT2D eigenvalue weighted by atomic mass is 10.0. The number of aromatic nitrogens is 1. The molecular formula is C46H37N3. The first-order valence-electron chi connectivity index (χ1n) is 17.0. The van der Waals surface area contributed by atoms with E-state index in [1.54, 1.807) is 0 Å². The zero-order chi connectivity index (χ0) is 33.2. The number of anilines is 6. The summed E-state index contributed by atoms with van der Waals surface area (Å²) in [5.74, 6) is 0. The monoisotopic (exact) mass is 631 g/mol. The number of para-hydroxylation sites is 3. The SMILES string of the molecule is Cc1ccc(N(c2ccccc2)c2cccc3c2c2cccc4c5c(N(c6ccccc6)c6ccc(C)cc6C)cccc5n3c24)c(C)c1. The Balaban J connectivity index is 1.36. The summed E-state index contributed by atoms with van der Waals surface area (Å²) < 4.78 is 2.50. The fraction of sp³-hybridized carbons (Fsp3) is 0.0870. The molecule has 0 saturated carbocycles. The molecule has 0 bridgehead atoms. The number of hydrogen-bond donors (Lipinski definition) is 0. The van der Waals surface area contributed by atoms with Crippen LogP contribution in [0.5, 0.6) is 0 Å². The second-order valence-corrected chi connectivity index (χ2v) is 13.3. The molecule has 0 radical (unpaired) electrons. The fourth-order valence-electron chi connectivity index (χ4n) is 7.99. The van der Waals surface area contributed by atoms with E-state index in [4.69, 9.17) is 0 Å². The molecule has 3 heteroatoms. The molecule has 9 rings (SSSR count). The smallest absolute Gasteiger partial charge is 0.0622 e. The molecule has 236 valence electrons. The molecule has 7 aromatic carbocycles. The summed E-state index contributed by atoms with van der Waals surface area (Å²) in [6.45, 7) is 8.76. The number of aryl methyl sites for hydroxylation is 4. The van der Waals surface area contributed by atoms with Crippen LogP contribution in [0.3, 0.4) is 0 Å². The van der Waals surface area contributed by atoms with E-state index in [1.165, 1.54) is 83.1 Å². The third-order valence-corrected chi connectivity index (χ3v) is 10.0. The Labute approximate surface area is 287 Å². The lowest BCUT2D eigenvalue weighted by Gasteiger charge is -2.28. The molecule has 0 N–H and O–H groups in total. The predicted molar refractivity (Wildman–Crippen MR) is 209 cm³/mol. The van der Waals surface area contributed by atoms with Crippen molar-refractivity contribution in [2.75, 3.05) is 9.80 Å². The third kappa shape index (κ3) is 4.50. The molecular weight excluding hydrogens is 595 g/mol. The van der Waals surface area contributed by atoms with Gasteiger partial charge in [-0.05, 0) is 99.5 Å². The van der Waals surface area contributed by atoms with Gasteiger partial charge in [0.15, 0.2) is 0 Å². The van der Waals surface area contributed by atoms with Gasteiger partial charge in [0, 0.05) is 44.3 Å². The zero-order valence-corrected chi connectivity index (χ0v) is 28.3. The van der Waals surface area contributed by atoms with Gasteiger partial charge in [0.1, 0.15) is 0 Å². The highest BCUT2D eigenvalue weighted by Crippen LogP contribution is 2.49. The molecule has 0 atom stereocenters. The van der Waals surface area contributed by atoms with Gasteiger partial charge >= 0.3 is 0 Å². The molecule has 2 aromatic heterocycles. The number of hydrogen-bond acceptors (Lipinski definition) is 2. The molecule has 49 heavy (non-hydrogen) atoms. The van der Waals surface area contributed by atoms with Gasteiger partial charge in [0.2, 0.25) is 0 Å². The van der Waals surface area contributed by atoms with Crippen molar-refractivity contribution in [1.82, 2.24) is 4.40 Å². The van der Waals surface area contributed by atoms with Gasteiger partial charge < -0.3 is 14.2 Å². The number of rotatable bonds is 6. The molecule has 0 unspecified atom stereocenters. The highest BCUT2D eigenvalue weighted by atomic mass is 15.2. The Morgan fingerprint density at radius 1 is 0.388 bits per heavy atom. The lowest BCUT2D eigenvalue weighted by molar-refractivity contribution is 1.24. The normalized spacial score (nSPS) is 11.7. The van der Waals surface area contributed by atoms with E-state index in [1.807, 2.05) is 0 Å². The van der Waals surface area contributed by atoms with Crippen molar-refractivity contribution >= 4 is 72.2 Å². The molecule has 0 aliphatic heterocycles. The van der Waals surface area contributed by atoms with Gasteiger partial charge in [-0.1, -0.05) is 102 Å². The van der Waals surface area contributed by atoms with E-state index in [-0.39, 0.29) is 0 Å². The second kappa shape index (κ2) is 11.3. The first-order chi connectivity index (χ1) is 24.0. The second-order valence-electron chi connectivity index (χ2n) is 13.3. The molecule has 0 aliphatic rings. The van der Waals surface area contributed by atoms with Gasteiger partial charge in [-0.25, -0.2) is 0 Å². The largest absolute Gasteiger partial charge is 0.310 e. The van der Waals surface area contributed by atoms with Gasteiger partial charge in [-0.2, -0.15) is 0 Å². The van der Waals surface area contributed by atoms with E-state index in [0.29, 0.717) is 0 Å². The van der Waals surface area contributed by atoms with Crippen molar-refractivity contribution in [2.24, 2.45) is 0 Å². The molecule has 3 nitrogen and oxygen atoms in total. The minimum absolute atomic E-state index is 1.14. The first kappa shape index (κ1) is 29.1. The van der Waals surface area contributed by atoms with Crippen LogP contribution in [0.2, 0.25) is 0 Å². The topological polar surface area (TPSA) is 10.9 Å². The molecule has 0 aliphatic carbocycles. The Morgan fingerprint density at radius 3 is 1.24 bits per heavy atom. The van der Waals surface area contributed by atoms with Crippen LogP contribution in [0.1, 0.15) is 22.3 Å². The van der Waals surface area contributed by atoms with E-state index in [9.17, 15) is 0 Å². The zero-order valence-electron chi connectivity index (χ0n) is 28.3. The fourth-order valence-corrected chi connectivity index (χ4v) is 7.99. The van der Waals surface area contributed by atoms with E-state index >= 15 is 0 Å². The molecule has 0 saturated heterocycles. The maximum atomic E-state index is 2.50. The minimum atomic E-state index is 1.14. The van der Waals surface area contributed by atoms with Crippen molar-refractivity contribution < 1.29 is 0 Å². The molecule has 2 heterocycles. The summed E-state index contributed by atoms with van der Waals surface area (Å²) in [7, 11) is 0. The van der Waals surface area contributed by atoms with Gasteiger partial charge in [0.25, 0.3) is 0 Å². The van der Waals surface area contributed by atoms with Gasteiger partial charge in [-0.3, -0.25) is 0 Å². The summed E-state index contributed by atoms with van der Waals surface area (Å²) in [4.78, 5) is 4.87. The van der Waals surface area contributed by atoms with E-state index in [0.717, 1.165) is 11.4 Å². The third-order valence-electron chi connectivity index (χ3n) is 10.0. The summed E-state index contributed by atoms with van der Waals surface area (Å²) >= 11 is 0. The van der Waals surface area contributed by atoms with Crippen LogP contribution in [-0.4, -0.2) is 4.40 Å². The Kier molecular flexibility index (Phi) is 6.70. The van der Waals surface area contributed by atoms with Crippen LogP contribution in [0.15, 0.2) is 152 Å². The van der Waals surface area contributed by atoms with Crippen LogP contribution in [0.4, 0.5) is 34.1 Å². The van der Waals surface area contributed by atoms with Crippen LogP contribution in [-0.2, 0) is 0 Å². The molecule has 0 fully saturated rings. The Bertz CT molecular complexity index is 2470. The van der Waals surface area contributed by atoms with Crippen molar-refractivity contribution in [3.63, 3.8) is 0 Å². The lowest BCUT2D eigenvalue weighted by Crippen LogP contribution is -2.12. The predicted octanol–water partition coefficient (Wildman–Crippen LogP) is 13.0. The van der Waals surface area contributed by atoms with Crippen LogP contribution >= 0.6 is 0 Å². The summed E-state index contributed by atoms with van der Waals surface area (Å²) in [5, 5.41) is 5.03. The minimum Gasteiger partial charge on any atom is -0.310 e. The Hall–Kier alpha value is -6.06. The summed E-state index contributed by atoms with van der Waals surface area (Å²) in [6, 6.07) is 55.4. The van der Waals surface area contributed by atoms with Crippen molar-refractivity contribution in [3.05, 3.63) is 174 Å². The number of benzene rings is 7. The molecule has 0 spiro atoms. The average molecular weight is 632 g/mol. The van der Waals surface area contributed by atoms with E-state index < -0.39 is 0 Å². The highest BCUT2D eigenvalue weighted by Gasteiger charge is 2.26. The maximum Gasteiger partial charge on any atom is 0.0622 e.